The first-order chi connectivity index (χ1) is 13.2. The van der Waals surface area contributed by atoms with Gasteiger partial charge in [-0.1, -0.05) is 18.2 Å². The zero-order valence-electron chi connectivity index (χ0n) is 15.6. The van der Waals surface area contributed by atoms with E-state index in [0.717, 1.165) is 30.5 Å². The van der Waals surface area contributed by atoms with E-state index < -0.39 is 49.2 Å². The molecule has 0 bridgehead atoms. The van der Waals surface area contributed by atoms with Gasteiger partial charge in [-0.15, -0.1) is 0 Å². The summed E-state index contributed by atoms with van der Waals surface area (Å²) in [6.07, 6.45) is -3.90. The molecule has 1 heterocycles. The molecule has 3 rings (SSSR count). The lowest BCUT2D eigenvalue weighted by molar-refractivity contribution is -0.137. The second-order valence-electron chi connectivity index (χ2n) is 7.11. The molecule has 0 unspecified atom stereocenters. The van der Waals surface area contributed by atoms with Crippen molar-refractivity contribution in [3.05, 3.63) is 65.0 Å². The number of hydrogen-bond acceptors (Lipinski definition) is 4. The van der Waals surface area contributed by atoms with Gasteiger partial charge < -0.3 is 4.74 Å². The van der Waals surface area contributed by atoms with Crippen molar-refractivity contribution in [3.63, 3.8) is 0 Å². The molecule has 0 atom stereocenters. The smallest absolute Gasteiger partial charge is 0.417 e. The van der Waals surface area contributed by atoms with Gasteiger partial charge >= 0.3 is 6.18 Å². The van der Waals surface area contributed by atoms with E-state index in [2.05, 4.69) is 0 Å². The summed E-state index contributed by atoms with van der Waals surface area (Å²) in [5.74, 6) is -2.03. The monoisotopic (exact) mass is 428 g/mol. The molecule has 4 nitrogen and oxygen atoms in total. The average molecular weight is 428 g/mol. The topological polar surface area (TPSA) is 60.4 Å². The molecule has 0 aliphatic carbocycles. The van der Waals surface area contributed by atoms with Gasteiger partial charge in [-0.3, -0.25) is 4.79 Å². The van der Waals surface area contributed by atoms with Crippen LogP contribution in [-0.4, -0.2) is 26.1 Å². The lowest BCUT2D eigenvalue weighted by Gasteiger charge is -2.18. The Morgan fingerprint density at radius 3 is 2.21 bits per heavy atom. The van der Waals surface area contributed by atoms with Crippen molar-refractivity contribution in [2.75, 3.05) is 6.26 Å². The predicted molar refractivity (Wildman–Crippen MR) is 97.9 cm³/mol. The summed E-state index contributed by atoms with van der Waals surface area (Å²) in [7, 11) is -3.85. The van der Waals surface area contributed by atoms with Gasteiger partial charge in [0.2, 0.25) is 5.78 Å². The molecule has 0 saturated heterocycles. The van der Waals surface area contributed by atoms with E-state index >= 15 is 0 Å². The van der Waals surface area contributed by atoms with E-state index in [1.54, 1.807) is 0 Å². The summed E-state index contributed by atoms with van der Waals surface area (Å²) in [5, 5.41) is 0. The van der Waals surface area contributed by atoms with Gasteiger partial charge in [0, 0.05) is 17.4 Å². The Balaban J connectivity index is 2.30. The standard InChI is InChI=1S/C20H16F4O4S/c1-19(2)18(25)16(12-6-4-5-7-13(12)20(22,23)24)17(28-19)11-8-9-15(14(21)10-11)29(3,26)27/h4-10H,1-3H3. The molecule has 2 aromatic rings. The first kappa shape index (κ1) is 21.0. The normalized spacial score (nSPS) is 16.9. The van der Waals surface area contributed by atoms with Gasteiger partial charge in [0.15, 0.2) is 15.4 Å². The quantitative estimate of drug-likeness (QED) is 0.676. The Morgan fingerprint density at radius 2 is 1.66 bits per heavy atom. The fourth-order valence-electron chi connectivity index (χ4n) is 3.10. The van der Waals surface area contributed by atoms with Gasteiger partial charge in [0.25, 0.3) is 0 Å². The number of alkyl halides is 3. The number of ether oxygens (including phenoxy) is 1. The zero-order chi connectivity index (χ0) is 21.8. The molecule has 1 aliphatic rings. The number of carbonyl (C=O) groups is 1. The van der Waals surface area contributed by atoms with Crippen LogP contribution in [0.5, 0.6) is 0 Å². The Morgan fingerprint density at radius 1 is 1.03 bits per heavy atom. The molecular formula is C20H16F4O4S. The highest BCUT2D eigenvalue weighted by molar-refractivity contribution is 7.90. The van der Waals surface area contributed by atoms with Crippen LogP contribution in [0.15, 0.2) is 47.4 Å². The highest BCUT2D eigenvalue weighted by atomic mass is 32.2. The van der Waals surface area contributed by atoms with Crippen molar-refractivity contribution < 1.29 is 35.5 Å². The van der Waals surface area contributed by atoms with Crippen molar-refractivity contribution in [2.24, 2.45) is 0 Å². The lowest BCUT2D eigenvalue weighted by atomic mass is 9.90. The number of sulfone groups is 1. The van der Waals surface area contributed by atoms with Crippen LogP contribution in [0.1, 0.15) is 30.5 Å². The summed E-state index contributed by atoms with van der Waals surface area (Å²) in [4.78, 5) is 12.3. The van der Waals surface area contributed by atoms with Gasteiger partial charge in [-0.05, 0) is 38.1 Å². The van der Waals surface area contributed by atoms with Crippen LogP contribution < -0.4 is 0 Å². The number of benzene rings is 2. The first-order valence-corrected chi connectivity index (χ1v) is 10.3. The number of ketones is 1. The van der Waals surface area contributed by atoms with Crippen LogP contribution in [0.4, 0.5) is 17.6 Å². The molecule has 29 heavy (non-hydrogen) atoms. The second-order valence-corrected chi connectivity index (χ2v) is 9.09. The molecule has 1 aliphatic heterocycles. The van der Waals surface area contributed by atoms with Crippen LogP contribution in [0.25, 0.3) is 11.3 Å². The number of carbonyl (C=O) groups excluding carboxylic acids is 1. The summed E-state index contributed by atoms with van der Waals surface area (Å²) >= 11 is 0. The third kappa shape index (κ3) is 3.78. The Hall–Kier alpha value is -2.68. The van der Waals surface area contributed by atoms with Crippen molar-refractivity contribution >= 4 is 27.0 Å². The lowest BCUT2D eigenvalue weighted by Crippen LogP contribution is -2.29. The molecule has 0 spiro atoms. The maximum Gasteiger partial charge on any atom is 0.417 e. The molecule has 0 fully saturated rings. The molecule has 0 N–H and O–H groups in total. The predicted octanol–water partition coefficient (Wildman–Crippen LogP) is 4.49. The molecule has 0 amide bonds. The van der Waals surface area contributed by atoms with Crippen molar-refractivity contribution in [3.8, 4) is 0 Å². The molecular weight excluding hydrogens is 412 g/mol. The molecule has 0 aromatic heterocycles. The first-order valence-electron chi connectivity index (χ1n) is 8.38. The third-order valence-electron chi connectivity index (χ3n) is 4.45. The molecule has 154 valence electrons. The van der Waals surface area contributed by atoms with Crippen LogP contribution in [0.2, 0.25) is 0 Å². The largest absolute Gasteiger partial charge is 0.478 e. The summed E-state index contributed by atoms with van der Waals surface area (Å²) in [6, 6.07) is 7.53. The molecule has 0 saturated carbocycles. The number of hydrogen-bond donors (Lipinski definition) is 0. The second kappa shape index (κ2) is 6.69. The highest BCUT2D eigenvalue weighted by Crippen LogP contribution is 2.45. The van der Waals surface area contributed by atoms with Crippen LogP contribution in [0, 0.1) is 5.82 Å². The van der Waals surface area contributed by atoms with E-state index in [-0.39, 0.29) is 16.9 Å². The number of Topliss-reactive ketones (excluding diaryl/α,β-unsaturated/α-hetero) is 1. The number of rotatable bonds is 3. The fraction of sp³-hybridized carbons (Fsp3) is 0.250. The van der Waals surface area contributed by atoms with Crippen molar-refractivity contribution in [2.45, 2.75) is 30.5 Å². The van der Waals surface area contributed by atoms with E-state index in [4.69, 9.17) is 4.74 Å². The maximum atomic E-state index is 14.4. The minimum absolute atomic E-state index is 0.0409. The van der Waals surface area contributed by atoms with E-state index in [9.17, 15) is 30.8 Å². The SMILES string of the molecule is CC1(C)OC(c2ccc(S(C)(=O)=O)c(F)c2)=C(c2ccccc2C(F)(F)F)C1=O. The third-order valence-corrected chi connectivity index (χ3v) is 5.58. The Bertz CT molecular complexity index is 1150. The Kier molecular flexibility index (Phi) is 4.85. The maximum absolute atomic E-state index is 14.4. The van der Waals surface area contributed by atoms with Crippen LogP contribution in [-0.2, 0) is 25.5 Å². The van der Waals surface area contributed by atoms with Crippen molar-refractivity contribution in [1.82, 2.24) is 0 Å². The van der Waals surface area contributed by atoms with E-state index in [0.29, 0.717) is 0 Å². The van der Waals surface area contributed by atoms with E-state index in [1.807, 2.05) is 0 Å². The van der Waals surface area contributed by atoms with Crippen molar-refractivity contribution in [1.29, 1.82) is 0 Å². The fourth-order valence-corrected chi connectivity index (χ4v) is 3.82. The van der Waals surface area contributed by atoms with Gasteiger partial charge in [-0.25, -0.2) is 12.8 Å². The summed E-state index contributed by atoms with van der Waals surface area (Å²) < 4.78 is 83.7. The zero-order valence-corrected chi connectivity index (χ0v) is 16.4. The Labute approximate surface area is 164 Å². The minimum Gasteiger partial charge on any atom is -0.478 e. The van der Waals surface area contributed by atoms with Crippen LogP contribution in [0.3, 0.4) is 0 Å². The van der Waals surface area contributed by atoms with E-state index in [1.165, 1.54) is 32.0 Å². The molecule has 0 radical (unpaired) electrons. The van der Waals surface area contributed by atoms with Gasteiger partial charge in [-0.2, -0.15) is 13.2 Å². The summed E-state index contributed by atoms with van der Waals surface area (Å²) in [5.41, 5.74) is -3.28. The summed E-state index contributed by atoms with van der Waals surface area (Å²) in [6.45, 7) is 2.78. The van der Waals surface area contributed by atoms with Gasteiger partial charge in [0.1, 0.15) is 16.5 Å². The highest BCUT2D eigenvalue weighted by Gasteiger charge is 2.45. The number of halogens is 4. The average Bonchev–Trinajstić information content (AvgIpc) is 2.83. The van der Waals surface area contributed by atoms with Crippen LogP contribution >= 0.6 is 0 Å². The molecule has 9 heteroatoms. The minimum atomic E-state index is -4.73. The van der Waals surface area contributed by atoms with Gasteiger partial charge in [0.05, 0.1) is 11.1 Å². The molecule has 2 aromatic carbocycles.